The molecule has 1 heterocycles. The van der Waals surface area contributed by atoms with Gasteiger partial charge in [0.05, 0.1) is 24.0 Å². The third kappa shape index (κ3) is 5.91. The normalized spacial score (nSPS) is 10.4. The van der Waals surface area contributed by atoms with Gasteiger partial charge in [-0.25, -0.2) is 4.79 Å². The number of rotatable bonds is 7. The van der Waals surface area contributed by atoms with Crippen molar-refractivity contribution in [1.29, 1.82) is 5.26 Å². The summed E-state index contributed by atoms with van der Waals surface area (Å²) < 4.78 is 6.69. The minimum absolute atomic E-state index is 0.333. The van der Waals surface area contributed by atoms with Crippen LogP contribution in [0.15, 0.2) is 73.1 Å². The molecule has 0 radical (unpaired) electrons. The predicted molar refractivity (Wildman–Crippen MR) is 108 cm³/mol. The Morgan fingerprint density at radius 3 is 2.69 bits per heavy atom. The predicted octanol–water partition coefficient (Wildman–Crippen LogP) is 3.00. The standard InChI is InChI=1S/C22H18N4O3/c23-12-19-8-4-5-9-20(19)25-21(27)16-29-22(28)11-10-18-13-24-26(15-18)14-17-6-2-1-3-7-17/h1-11,13,15H,14,16H2,(H,25,27)/b11-10+. The topological polar surface area (TPSA) is 97.0 Å². The van der Waals surface area contributed by atoms with Crippen molar-refractivity contribution < 1.29 is 14.3 Å². The number of nitriles is 1. The summed E-state index contributed by atoms with van der Waals surface area (Å²) >= 11 is 0. The number of hydrogen-bond acceptors (Lipinski definition) is 5. The van der Waals surface area contributed by atoms with E-state index < -0.39 is 18.5 Å². The van der Waals surface area contributed by atoms with Crippen LogP contribution in [0.1, 0.15) is 16.7 Å². The van der Waals surface area contributed by atoms with Gasteiger partial charge in [-0.05, 0) is 23.8 Å². The Balaban J connectivity index is 1.47. The van der Waals surface area contributed by atoms with Crippen LogP contribution in [0, 0.1) is 11.3 Å². The minimum atomic E-state index is -0.649. The number of esters is 1. The summed E-state index contributed by atoms with van der Waals surface area (Å²) in [6.07, 6.45) is 6.25. The van der Waals surface area contributed by atoms with Crippen LogP contribution in [-0.4, -0.2) is 28.3 Å². The van der Waals surface area contributed by atoms with Gasteiger partial charge in [-0.2, -0.15) is 10.4 Å². The van der Waals surface area contributed by atoms with E-state index in [-0.39, 0.29) is 0 Å². The molecule has 0 aliphatic carbocycles. The molecule has 0 saturated carbocycles. The number of anilines is 1. The van der Waals surface area contributed by atoms with Crippen LogP contribution < -0.4 is 5.32 Å². The molecular weight excluding hydrogens is 368 g/mol. The van der Waals surface area contributed by atoms with Crippen LogP contribution in [0.3, 0.4) is 0 Å². The molecule has 1 aromatic heterocycles. The van der Waals surface area contributed by atoms with Crippen molar-refractivity contribution in [3.8, 4) is 6.07 Å². The summed E-state index contributed by atoms with van der Waals surface area (Å²) in [6.45, 7) is 0.180. The van der Waals surface area contributed by atoms with Crippen LogP contribution in [-0.2, 0) is 20.9 Å². The van der Waals surface area contributed by atoms with Crippen LogP contribution in [0.25, 0.3) is 6.08 Å². The Labute approximate surface area is 167 Å². The molecule has 0 aliphatic rings. The van der Waals surface area contributed by atoms with Crippen molar-refractivity contribution in [2.24, 2.45) is 0 Å². The molecule has 3 aromatic rings. The van der Waals surface area contributed by atoms with E-state index in [1.54, 1.807) is 41.2 Å². The van der Waals surface area contributed by atoms with Crippen molar-refractivity contribution in [2.75, 3.05) is 11.9 Å². The van der Waals surface area contributed by atoms with Gasteiger partial charge in [-0.3, -0.25) is 9.48 Å². The fourth-order valence-electron chi connectivity index (χ4n) is 2.55. The van der Waals surface area contributed by atoms with Crippen LogP contribution >= 0.6 is 0 Å². The summed E-state index contributed by atoms with van der Waals surface area (Å²) in [5.74, 6) is -1.17. The average molecular weight is 386 g/mol. The molecule has 0 saturated heterocycles. The second-order valence-corrected chi connectivity index (χ2v) is 6.10. The minimum Gasteiger partial charge on any atom is -0.452 e. The molecule has 3 rings (SSSR count). The molecule has 1 amide bonds. The quantitative estimate of drug-likeness (QED) is 0.497. The SMILES string of the molecule is N#Cc1ccccc1NC(=O)COC(=O)/C=C/c1cnn(Cc2ccccc2)c1. The third-order valence-electron chi connectivity index (χ3n) is 3.92. The van der Waals surface area contributed by atoms with Crippen molar-refractivity contribution in [2.45, 2.75) is 6.54 Å². The van der Waals surface area contributed by atoms with E-state index in [0.717, 1.165) is 11.1 Å². The molecule has 0 spiro atoms. The first-order valence-corrected chi connectivity index (χ1v) is 8.84. The van der Waals surface area contributed by atoms with Gasteiger partial charge in [0.25, 0.3) is 5.91 Å². The zero-order chi connectivity index (χ0) is 20.5. The molecule has 144 valence electrons. The van der Waals surface area contributed by atoms with E-state index in [1.165, 1.54) is 6.08 Å². The molecule has 2 aromatic carbocycles. The van der Waals surface area contributed by atoms with Crippen molar-refractivity contribution >= 4 is 23.6 Å². The number of carbonyl (C=O) groups excluding carboxylic acids is 2. The van der Waals surface area contributed by atoms with Gasteiger partial charge >= 0.3 is 5.97 Å². The number of hydrogen-bond donors (Lipinski definition) is 1. The fraction of sp³-hybridized carbons (Fsp3) is 0.0909. The zero-order valence-corrected chi connectivity index (χ0v) is 15.5. The van der Waals surface area contributed by atoms with Gasteiger partial charge < -0.3 is 10.1 Å². The highest BCUT2D eigenvalue weighted by Gasteiger charge is 2.08. The summed E-state index contributed by atoms with van der Waals surface area (Å²) in [4.78, 5) is 23.7. The number of ether oxygens (including phenoxy) is 1. The number of para-hydroxylation sites is 1. The second-order valence-electron chi connectivity index (χ2n) is 6.10. The number of benzene rings is 2. The van der Waals surface area contributed by atoms with E-state index in [2.05, 4.69) is 10.4 Å². The monoisotopic (exact) mass is 386 g/mol. The van der Waals surface area contributed by atoms with Gasteiger partial charge in [0.15, 0.2) is 6.61 Å². The number of carbonyl (C=O) groups is 2. The van der Waals surface area contributed by atoms with Gasteiger partial charge in [0.1, 0.15) is 6.07 Å². The molecule has 0 aliphatic heterocycles. The average Bonchev–Trinajstić information content (AvgIpc) is 3.19. The Morgan fingerprint density at radius 1 is 1.14 bits per heavy atom. The van der Waals surface area contributed by atoms with E-state index >= 15 is 0 Å². The molecule has 1 N–H and O–H groups in total. The van der Waals surface area contributed by atoms with Gasteiger partial charge in [0.2, 0.25) is 0 Å². The lowest BCUT2D eigenvalue weighted by atomic mass is 10.2. The largest absolute Gasteiger partial charge is 0.452 e. The number of nitrogens with one attached hydrogen (secondary N) is 1. The molecular formula is C22H18N4O3. The highest BCUT2D eigenvalue weighted by molar-refractivity contribution is 5.95. The molecule has 0 unspecified atom stereocenters. The molecule has 7 heteroatoms. The van der Waals surface area contributed by atoms with E-state index in [4.69, 9.17) is 10.00 Å². The maximum atomic E-state index is 11.9. The molecule has 29 heavy (non-hydrogen) atoms. The molecule has 0 bridgehead atoms. The maximum absolute atomic E-state index is 11.9. The Hall–Kier alpha value is -4.18. The maximum Gasteiger partial charge on any atom is 0.331 e. The Morgan fingerprint density at radius 2 is 1.90 bits per heavy atom. The van der Waals surface area contributed by atoms with E-state index in [0.29, 0.717) is 17.8 Å². The summed E-state index contributed by atoms with van der Waals surface area (Å²) in [7, 11) is 0. The van der Waals surface area contributed by atoms with Crippen molar-refractivity contribution in [3.05, 3.63) is 89.8 Å². The van der Waals surface area contributed by atoms with Crippen LogP contribution in [0.5, 0.6) is 0 Å². The second kappa shape index (κ2) is 9.67. The van der Waals surface area contributed by atoms with E-state index in [1.807, 2.05) is 42.6 Å². The Bertz CT molecular complexity index is 1060. The van der Waals surface area contributed by atoms with Gasteiger partial charge in [-0.15, -0.1) is 0 Å². The lowest BCUT2D eigenvalue weighted by Crippen LogP contribution is -2.20. The molecule has 0 fully saturated rings. The number of amides is 1. The first-order valence-electron chi connectivity index (χ1n) is 8.84. The molecule has 7 nitrogen and oxygen atoms in total. The Kier molecular flexibility index (Phi) is 6.53. The summed E-state index contributed by atoms with van der Waals surface area (Å²) in [5, 5.41) is 15.8. The van der Waals surface area contributed by atoms with Crippen LogP contribution in [0.2, 0.25) is 0 Å². The fourth-order valence-corrected chi connectivity index (χ4v) is 2.55. The number of nitrogens with zero attached hydrogens (tertiary/aromatic N) is 3. The molecule has 0 atom stereocenters. The van der Waals surface area contributed by atoms with Gasteiger partial charge in [-0.1, -0.05) is 42.5 Å². The smallest absolute Gasteiger partial charge is 0.331 e. The highest BCUT2D eigenvalue weighted by atomic mass is 16.5. The summed E-state index contributed by atoms with van der Waals surface area (Å²) in [6, 6.07) is 18.5. The van der Waals surface area contributed by atoms with Crippen LogP contribution in [0.4, 0.5) is 5.69 Å². The van der Waals surface area contributed by atoms with Crippen molar-refractivity contribution in [1.82, 2.24) is 9.78 Å². The zero-order valence-electron chi connectivity index (χ0n) is 15.5. The van der Waals surface area contributed by atoms with E-state index in [9.17, 15) is 9.59 Å². The first-order chi connectivity index (χ1) is 14.1. The number of aromatic nitrogens is 2. The lowest BCUT2D eigenvalue weighted by Gasteiger charge is -2.06. The highest BCUT2D eigenvalue weighted by Crippen LogP contribution is 2.13. The lowest BCUT2D eigenvalue weighted by molar-refractivity contribution is -0.142. The van der Waals surface area contributed by atoms with Gasteiger partial charge in [0, 0.05) is 17.8 Å². The third-order valence-corrected chi connectivity index (χ3v) is 3.92. The first kappa shape index (κ1) is 19.6. The van der Waals surface area contributed by atoms with Crippen molar-refractivity contribution in [3.63, 3.8) is 0 Å². The summed E-state index contributed by atoms with van der Waals surface area (Å²) in [5.41, 5.74) is 2.57.